The predicted molar refractivity (Wildman–Crippen MR) is 161 cm³/mol. The quantitative estimate of drug-likeness (QED) is 0.348. The number of hydrogen-bond donors (Lipinski definition) is 1. The SMILES string of the molecule is CC(=O)OC[C@@]1(C)C2C[C@H](OC(=O)c3ccccc3F)[C@@]3(C)Oc4cc(-c5cccnc5)oc(=O)c4[C@H](O)C3[C@@]2(C)CC[C@@H]1C. The first-order valence-electron chi connectivity index (χ1n) is 15.3. The van der Waals surface area contributed by atoms with Crippen molar-refractivity contribution in [3.63, 3.8) is 0 Å². The Labute approximate surface area is 260 Å². The van der Waals surface area contributed by atoms with E-state index in [1.165, 1.54) is 25.1 Å². The van der Waals surface area contributed by atoms with Crippen LogP contribution in [-0.2, 0) is 14.3 Å². The minimum Gasteiger partial charge on any atom is -0.482 e. The zero-order valence-electron chi connectivity index (χ0n) is 26.0. The molecule has 3 heterocycles. The number of carbonyl (C=O) groups excluding carboxylic acids is 2. The summed E-state index contributed by atoms with van der Waals surface area (Å²) in [6.45, 7) is 9.50. The Bertz CT molecular complexity index is 1690. The number of carbonyl (C=O) groups is 2. The van der Waals surface area contributed by atoms with Crippen LogP contribution in [0.25, 0.3) is 11.3 Å². The summed E-state index contributed by atoms with van der Waals surface area (Å²) in [6.07, 6.45) is 2.58. The van der Waals surface area contributed by atoms with Crippen LogP contribution in [0, 0.1) is 34.4 Å². The Morgan fingerprint density at radius 1 is 1.16 bits per heavy atom. The van der Waals surface area contributed by atoms with Gasteiger partial charge in [0.25, 0.3) is 0 Å². The molecule has 0 radical (unpaired) electrons. The monoisotopic (exact) mass is 619 g/mol. The average Bonchev–Trinajstić information content (AvgIpc) is 2.99. The molecule has 6 rings (SSSR count). The molecule has 10 heteroatoms. The van der Waals surface area contributed by atoms with Crippen molar-refractivity contribution in [3.05, 3.63) is 82.2 Å². The lowest BCUT2D eigenvalue weighted by molar-refractivity contribution is -0.257. The molecule has 1 aromatic carbocycles. The minimum atomic E-state index is -1.34. The van der Waals surface area contributed by atoms with E-state index in [1.54, 1.807) is 43.6 Å². The summed E-state index contributed by atoms with van der Waals surface area (Å²) in [4.78, 5) is 43.1. The number of esters is 2. The van der Waals surface area contributed by atoms with Gasteiger partial charge in [0.15, 0.2) is 0 Å². The molecule has 0 bridgehead atoms. The lowest BCUT2D eigenvalue weighted by Crippen LogP contribution is -2.70. The minimum absolute atomic E-state index is 0.00789. The number of fused-ring (bicyclic) bond motifs is 4. The Morgan fingerprint density at radius 3 is 2.60 bits per heavy atom. The highest BCUT2D eigenvalue weighted by molar-refractivity contribution is 5.89. The molecule has 45 heavy (non-hydrogen) atoms. The number of nitrogens with zero attached hydrogens (tertiary/aromatic N) is 1. The largest absolute Gasteiger partial charge is 0.482 e. The molecule has 9 nitrogen and oxygen atoms in total. The number of benzene rings is 1. The summed E-state index contributed by atoms with van der Waals surface area (Å²) in [6, 6.07) is 10.6. The second-order valence-corrected chi connectivity index (χ2v) is 13.5. The van der Waals surface area contributed by atoms with Crippen molar-refractivity contribution in [2.24, 2.45) is 28.6 Å². The first-order valence-corrected chi connectivity index (χ1v) is 15.3. The number of pyridine rings is 1. The molecule has 3 aliphatic rings. The van der Waals surface area contributed by atoms with Gasteiger partial charge in [-0.2, -0.15) is 0 Å². The zero-order valence-corrected chi connectivity index (χ0v) is 26.0. The number of hydrogen-bond acceptors (Lipinski definition) is 9. The van der Waals surface area contributed by atoms with Crippen molar-refractivity contribution in [1.82, 2.24) is 4.98 Å². The smallest absolute Gasteiger partial charge is 0.345 e. The van der Waals surface area contributed by atoms with Gasteiger partial charge in [-0.3, -0.25) is 9.78 Å². The number of aliphatic hydroxyl groups is 1. The number of aliphatic hydroxyl groups excluding tert-OH is 1. The summed E-state index contributed by atoms with van der Waals surface area (Å²) in [5.41, 5.74) is -2.97. The second kappa shape index (κ2) is 11.1. The average molecular weight is 620 g/mol. The van der Waals surface area contributed by atoms with Crippen molar-refractivity contribution in [3.8, 4) is 17.1 Å². The molecular weight excluding hydrogens is 581 g/mol. The highest BCUT2D eigenvalue weighted by atomic mass is 19.1. The maximum Gasteiger partial charge on any atom is 0.345 e. The van der Waals surface area contributed by atoms with Gasteiger partial charge >= 0.3 is 17.6 Å². The number of rotatable bonds is 5. The molecule has 0 saturated heterocycles. The van der Waals surface area contributed by atoms with E-state index < -0.39 is 57.9 Å². The van der Waals surface area contributed by atoms with Gasteiger partial charge in [-0.05, 0) is 67.7 Å². The molecule has 238 valence electrons. The van der Waals surface area contributed by atoms with Crippen LogP contribution in [0.2, 0.25) is 0 Å². The normalized spacial score (nSPS) is 33.5. The third-order valence-corrected chi connectivity index (χ3v) is 11.0. The highest BCUT2D eigenvalue weighted by Crippen LogP contribution is 2.68. The van der Waals surface area contributed by atoms with Crippen molar-refractivity contribution in [1.29, 1.82) is 0 Å². The van der Waals surface area contributed by atoms with Crippen LogP contribution in [0.4, 0.5) is 4.39 Å². The summed E-state index contributed by atoms with van der Waals surface area (Å²) in [7, 11) is 0. The third kappa shape index (κ3) is 4.94. The van der Waals surface area contributed by atoms with E-state index >= 15 is 0 Å². The Morgan fingerprint density at radius 2 is 1.91 bits per heavy atom. The Hall–Kier alpha value is -4.05. The molecule has 2 unspecified atom stereocenters. The van der Waals surface area contributed by atoms with Crippen molar-refractivity contribution >= 4 is 11.9 Å². The fraction of sp³-hybridized carbons (Fsp3) is 0.486. The van der Waals surface area contributed by atoms with Gasteiger partial charge < -0.3 is 23.7 Å². The molecule has 8 atom stereocenters. The zero-order chi connectivity index (χ0) is 32.3. The molecule has 2 aromatic heterocycles. The number of ether oxygens (including phenoxy) is 3. The van der Waals surface area contributed by atoms with Crippen LogP contribution < -0.4 is 10.4 Å². The third-order valence-electron chi connectivity index (χ3n) is 11.0. The van der Waals surface area contributed by atoms with Gasteiger partial charge in [-0.1, -0.05) is 32.9 Å². The number of halogens is 1. The summed E-state index contributed by atoms with van der Waals surface area (Å²) >= 11 is 0. The fourth-order valence-electron chi connectivity index (χ4n) is 8.52. The first-order chi connectivity index (χ1) is 21.3. The standard InChI is InChI=1S/C35H38FNO8/c1-19-12-13-33(3)26(34(19,4)18-42-20(2)38)16-27(44-31(40)22-10-6-7-11-23(22)36)35(5)30(33)29(39)28-25(45-35)15-24(43-32(28)41)21-9-8-14-37-17-21/h6-11,14-15,17,19,26-27,29-30,39H,12-13,16,18H2,1-5H3/t19-,26?,27-,29-,30?,33-,34+,35+/m0/s1. The van der Waals surface area contributed by atoms with E-state index in [4.69, 9.17) is 18.6 Å². The van der Waals surface area contributed by atoms with Gasteiger partial charge in [0, 0.05) is 42.3 Å². The van der Waals surface area contributed by atoms with Gasteiger partial charge in [0.1, 0.15) is 34.6 Å². The van der Waals surface area contributed by atoms with Crippen LogP contribution >= 0.6 is 0 Å². The summed E-state index contributed by atoms with van der Waals surface area (Å²) < 4.78 is 38.9. The van der Waals surface area contributed by atoms with Gasteiger partial charge in [0.05, 0.1) is 18.3 Å². The number of aromatic nitrogens is 1. The molecule has 0 amide bonds. The van der Waals surface area contributed by atoms with Crippen molar-refractivity contribution in [2.45, 2.75) is 71.7 Å². The van der Waals surface area contributed by atoms with Crippen LogP contribution in [0.3, 0.4) is 0 Å². The Kier molecular flexibility index (Phi) is 7.62. The maximum absolute atomic E-state index is 14.7. The van der Waals surface area contributed by atoms with Gasteiger partial charge in [-0.15, -0.1) is 0 Å². The molecule has 1 aliphatic heterocycles. The van der Waals surface area contributed by atoms with E-state index in [9.17, 15) is 23.9 Å². The van der Waals surface area contributed by atoms with Crippen molar-refractivity contribution in [2.75, 3.05) is 6.61 Å². The van der Waals surface area contributed by atoms with E-state index in [-0.39, 0.29) is 41.1 Å². The second-order valence-electron chi connectivity index (χ2n) is 13.5. The lowest BCUT2D eigenvalue weighted by Gasteiger charge is -2.66. The van der Waals surface area contributed by atoms with Crippen LogP contribution in [0.1, 0.15) is 75.9 Å². The molecule has 2 aliphatic carbocycles. The van der Waals surface area contributed by atoms with E-state index in [0.717, 1.165) is 6.42 Å². The lowest BCUT2D eigenvalue weighted by atomic mass is 9.41. The molecule has 2 fully saturated rings. The van der Waals surface area contributed by atoms with Gasteiger partial charge in [-0.25, -0.2) is 14.0 Å². The maximum atomic E-state index is 14.7. The van der Waals surface area contributed by atoms with E-state index in [2.05, 4.69) is 25.8 Å². The molecule has 3 aromatic rings. The van der Waals surface area contributed by atoms with Crippen LogP contribution in [-0.4, -0.2) is 40.3 Å². The van der Waals surface area contributed by atoms with Crippen LogP contribution in [0.5, 0.6) is 5.75 Å². The summed E-state index contributed by atoms with van der Waals surface area (Å²) in [5, 5.41) is 12.2. The predicted octanol–water partition coefficient (Wildman–Crippen LogP) is 5.89. The molecule has 0 spiro atoms. The molecule has 2 saturated carbocycles. The Balaban J connectivity index is 1.50. The van der Waals surface area contributed by atoms with Crippen molar-refractivity contribution < 1.29 is 37.7 Å². The van der Waals surface area contributed by atoms with Crippen LogP contribution in [0.15, 0.2) is 64.1 Å². The molecule has 1 N–H and O–H groups in total. The topological polar surface area (TPSA) is 125 Å². The fourth-order valence-corrected chi connectivity index (χ4v) is 8.52. The van der Waals surface area contributed by atoms with E-state index in [1.807, 2.05) is 0 Å². The molecular formula is C35H38FNO8. The van der Waals surface area contributed by atoms with Gasteiger partial charge in [0.2, 0.25) is 0 Å². The van der Waals surface area contributed by atoms with E-state index in [0.29, 0.717) is 18.4 Å². The summed E-state index contributed by atoms with van der Waals surface area (Å²) in [5.74, 6) is -2.53. The highest BCUT2D eigenvalue weighted by Gasteiger charge is 2.70. The first kappa shape index (κ1) is 31.0.